The maximum Gasteiger partial charge on any atom is 0.182 e. The van der Waals surface area contributed by atoms with Gasteiger partial charge in [0.25, 0.3) is 0 Å². The van der Waals surface area contributed by atoms with Gasteiger partial charge < -0.3 is 4.57 Å². The molecule has 21 heavy (non-hydrogen) atoms. The van der Waals surface area contributed by atoms with Crippen LogP contribution in [-0.2, 0) is 6.54 Å². The molecule has 0 aliphatic rings. The summed E-state index contributed by atoms with van der Waals surface area (Å²) >= 11 is 3.35. The fourth-order valence-corrected chi connectivity index (χ4v) is 2.41. The van der Waals surface area contributed by atoms with Gasteiger partial charge in [0.1, 0.15) is 0 Å². The molecule has 0 radical (unpaired) electrons. The highest BCUT2D eigenvalue weighted by molar-refractivity contribution is 9.10. The van der Waals surface area contributed by atoms with Gasteiger partial charge in [0.2, 0.25) is 0 Å². The van der Waals surface area contributed by atoms with E-state index in [1.54, 1.807) is 35.2 Å². The molecule has 4 nitrogen and oxygen atoms in total. The zero-order chi connectivity index (χ0) is 14.8. The highest BCUT2D eigenvalue weighted by Crippen LogP contribution is 2.16. The van der Waals surface area contributed by atoms with Crippen LogP contribution in [0.15, 0.2) is 53.3 Å². The maximum atomic E-state index is 12.3. The lowest BCUT2D eigenvalue weighted by atomic mass is 10.1. The lowest BCUT2D eigenvalue weighted by Gasteiger charge is -2.04. The molecule has 3 aromatic rings. The molecule has 0 N–H and O–H groups in total. The monoisotopic (exact) mass is 339 g/mol. The summed E-state index contributed by atoms with van der Waals surface area (Å²) in [6.07, 6.45) is 1.63. The third-order valence-corrected chi connectivity index (χ3v) is 3.76. The topological polar surface area (TPSA) is 58.7 Å². The van der Waals surface area contributed by atoms with Crippen LogP contribution >= 0.6 is 15.9 Å². The van der Waals surface area contributed by atoms with Gasteiger partial charge in [-0.05, 0) is 30.3 Å². The number of nitrogens with zero attached hydrogens (tertiary/aromatic N) is 3. The zero-order valence-corrected chi connectivity index (χ0v) is 12.5. The minimum Gasteiger partial charge on any atom is -0.323 e. The average molecular weight is 340 g/mol. The SMILES string of the molecule is N#Cc1ccc2c(c1)ncn2CC(=O)c1ccc(Br)cc1. The minimum absolute atomic E-state index is 0.0196. The molecular weight excluding hydrogens is 330 g/mol. The summed E-state index contributed by atoms with van der Waals surface area (Å²) in [6, 6.07) is 14.6. The van der Waals surface area contributed by atoms with E-state index in [2.05, 4.69) is 27.0 Å². The van der Waals surface area contributed by atoms with Crippen LogP contribution in [0.4, 0.5) is 0 Å². The molecule has 0 amide bonds. The van der Waals surface area contributed by atoms with Gasteiger partial charge in [-0.1, -0.05) is 28.1 Å². The van der Waals surface area contributed by atoms with E-state index in [0.29, 0.717) is 11.1 Å². The fraction of sp³-hybridized carbons (Fsp3) is 0.0625. The quantitative estimate of drug-likeness (QED) is 0.685. The summed E-state index contributed by atoms with van der Waals surface area (Å²) in [4.78, 5) is 16.5. The van der Waals surface area contributed by atoms with Gasteiger partial charge in [0.05, 0.1) is 35.5 Å². The van der Waals surface area contributed by atoms with Crippen LogP contribution in [0.2, 0.25) is 0 Å². The predicted molar refractivity (Wildman–Crippen MR) is 82.9 cm³/mol. The van der Waals surface area contributed by atoms with Gasteiger partial charge in [0, 0.05) is 10.0 Å². The smallest absolute Gasteiger partial charge is 0.182 e. The molecule has 0 unspecified atom stereocenters. The number of fused-ring (bicyclic) bond motifs is 1. The number of nitriles is 1. The minimum atomic E-state index is 0.0196. The lowest BCUT2D eigenvalue weighted by Crippen LogP contribution is -2.09. The van der Waals surface area contributed by atoms with Crippen molar-refractivity contribution in [1.29, 1.82) is 5.26 Å². The van der Waals surface area contributed by atoms with Crippen LogP contribution in [0.1, 0.15) is 15.9 Å². The third kappa shape index (κ3) is 2.71. The molecule has 2 aromatic carbocycles. The van der Waals surface area contributed by atoms with Gasteiger partial charge in [-0.15, -0.1) is 0 Å². The van der Waals surface area contributed by atoms with Gasteiger partial charge in [-0.25, -0.2) is 4.98 Å². The van der Waals surface area contributed by atoms with Crippen LogP contribution in [-0.4, -0.2) is 15.3 Å². The van der Waals surface area contributed by atoms with Crippen molar-refractivity contribution in [2.45, 2.75) is 6.54 Å². The first kappa shape index (κ1) is 13.5. The number of hydrogen-bond acceptors (Lipinski definition) is 3. The Bertz CT molecular complexity index is 859. The number of hydrogen-bond donors (Lipinski definition) is 0. The molecule has 0 aliphatic heterocycles. The first-order valence-electron chi connectivity index (χ1n) is 6.31. The average Bonchev–Trinajstić information content (AvgIpc) is 2.90. The van der Waals surface area contributed by atoms with Crippen molar-refractivity contribution >= 4 is 32.7 Å². The Morgan fingerprint density at radius 2 is 2.00 bits per heavy atom. The Balaban J connectivity index is 1.90. The van der Waals surface area contributed by atoms with Crippen molar-refractivity contribution in [3.8, 4) is 6.07 Å². The van der Waals surface area contributed by atoms with Crippen LogP contribution in [0, 0.1) is 11.3 Å². The van der Waals surface area contributed by atoms with Gasteiger partial charge >= 0.3 is 0 Å². The Labute approximate surface area is 129 Å². The molecule has 1 heterocycles. The van der Waals surface area contributed by atoms with Crippen LogP contribution in [0.3, 0.4) is 0 Å². The number of aromatic nitrogens is 2. The van der Waals surface area contributed by atoms with Gasteiger partial charge in [-0.3, -0.25) is 4.79 Å². The van der Waals surface area contributed by atoms with E-state index in [9.17, 15) is 4.79 Å². The normalized spacial score (nSPS) is 10.5. The van der Waals surface area contributed by atoms with E-state index >= 15 is 0 Å². The molecule has 102 valence electrons. The number of Topliss-reactive ketones (excluding diaryl/α,β-unsaturated/α-hetero) is 1. The van der Waals surface area contributed by atoms with Gasteiger partial charge in [0.15, 0.2) is 5.78 Å². The first-order chi connectivity index (χ1) is 10.2. The van der Waals surface area contributed by atoms with E-state index in [0.717, 1.165) is 15.5 Å². The first-order valence-corrected chi connectivity index (χ1v) is 7.10. The second-order valence-electron chi connectivity index (χ2n) is 4.62. The van der Waals surface area contributed by atoms with E-state index < -0.39 is 0 Å². The molecule has 0 saturated carbocycles. The lowest BCUT2D eigenvalue weighted by molar-refractivity contribution is 0.0973. The maximum absolute atomic E-state index is 12.3. The second-order valence-corrected chi connectivity index (χ2v) is 5.53. The Morgan fingerprint density at radius 1 is 1.24 bits per heavy atom. The molecule has 0 atom stereocenters. The molecule has 0 saturated heterocycles. The van der Waals surface area contributed by atoms with Crippen LogP contribution < -0.4 is 0 Å². The van der Waals surface area contributed by atoms with E-state index in [4.69, 9.17) is 5.26 Å². The number of carbonyl (C=O) groups is 1. The van der Waals surface area contributed by atoms with E-state index in [1.807, 2.05) is 18.2 Å². The Hall–Kier alpha value is -2.45. The summed E-state index contributed by atoms with van der Waals surface area (Å²) < 4.78 is 2.73. The number of carbonyl (C=O) groups excluding carboxylic acids is 1. The molecule has 5 heteroatoms. The Kier molecular flexibility index (Phi) is 3.55. The van der Waals surface area contributed by atoms with Crippen molar-refractivity contribution in [2.24, 2.45) is 0 Å². The number of benzene rings is 2. The molecule has 3 rings (SSSR count). The molecule has 1 aromatic heterocycles. The molecular formula is C16H10BrN3O. The highest BCUT2D eigenvalue weighted by Gasteiger charge is 2.10. The van der Waals surface area contributed by atoms with Crippen molar-refractivity contribution in [1.82, 2.24) is 9.55 Å². The standard InChI is InChI=1S/C16H10BrN3O/c17-13-4-2-12(3-5-13)16(21)9-20-10-19-14-7-11(8-18)1-6-15(14)20/h1-7,10H,9H2. The van der Waals surface area contributed by atoms with E-state index in [1.165, 1.54) is 0 Å². The third-order valence-electron chi connectivity index (χ3n) is 3.23. The number of imidazole rings is 1. The van der Waals surface area contributed by atoms with Crippen molar-refractivity contribution in [3.63, 3.8) is 0 Å². The molecule has 0 bridgehead atoms. The summed E-state index contributed by atoms with van der Waals surface area (Å²) in [5.74, 6) is 0.0196. The highest BCUT2D eigenvalue weighted by atomic mass is 79.9. The molecule has 0 spiro atoms. The summed E-state index contributed by atoms with van der Waals surface area (Å²) in [5.41, 5.74) is 2.79. The molecule has 0 fully saturated rings. The number of ketones is 1. The zero-order valence-electron chi connectivity index (χ0n) is 11.0. The van der Waals surface area contributed by atoms with E-state index in [-0.39, 0.29) is 12.3 Å². The van der Waals surface area contributed by atoms with Gasteiger partial charge in [-0.2, -0.15) is 5.26 Å². The largest absolute Gasteiger partial charge is 0.323 e. The van der Waals surface area contributed by atoms with Crippen molar-refractivity contribution in [2.75, 3.05) is 0 Å². The van der Waals surface area contributed by atoms with Crippen LogP contribution in [0.5, 0.6) is 0 Å². The number of halogens is 1. The second kappa shape index (κ2) is 5.51. The van der Waals surface area contributed by atoms with Crippen LogP contribution in [0.25, 0.3) is 11.0 Å². The Morgan fingerprint density at radius 3 is 2.71 bits per heavy atom. The van der Waals surface area contributed by atoms with Crippen molar-refractivity contribution in [3.05, 3.63) is 64.4 Å². The summed E-state index contributed by atoms with van der Waals surface area (Å²) in [7, 11) is 0. The summed E-state index contributed by atoms with van der Waals surface area (Å²) in [5, 5.41) is 8.88. The predicted octanol–water partition coefficient (Wildman–Crippen LogP) is 3.55. The molecule has 0 aliphatic carbocycles. The summed E-state index contributed by atoms with van der Waals surface area (Å²) in [6.45, 7) is 0.226. The van der Waals surface area contributed by atoms with Crippen molar-refractivity contribution < 1.29 is 4.79 Å². The number of rotatable bonds is 3. The fourth-order valence-electron chi connectivity index (χ4n) is 2.14.